The van der Waals surface area contributed by atoms with Crippen molar-refractivity contribution in [2.24, 2.45) is 11.8 Å². The average molecular weight is 736 g/mol. The number of likely N-dealkylation sites (N-methyl/N-ethyl adjacent to an activating group) is 4. The lowest BCUT2D eigenvalue weighted by Gasteiger charge is -2.36. The van der Waals surface area contributed by atoms with Crippen LogP contribution in [0.3, 0.4) is 0 Å². The SMILES string of the molecule is CNCC1CCC(N2CCN(C)CC2)C1.COc1cc(C)c(S(=O)(=O)N(C)CCOCC(=O)N(C)CC2CCC(N3CCN(C)CC3)C2)c(C)c1. The molecule has 2 aliphatic carbocycles. The molecule has 0 spiro atoms. The summed E-state index contributed by atoms with van der Waals surface area (Å²) in [6.07, 6.45) is 7.79. The van der Waals surface area contributed by atoms with Gasteiger partial charge >= 0.3 is 0 Å². The predicted octanol–water partition coefficient (Wildman–Crippen LogP) is 2.45. The van der Waals surface area contributed by atoms with Gasteiger partial charge in [0.05, 0.1) is 18.6 Å². The Morgan fingerprint density at radius 3 is 1.86 bits per heavy atom. The molecule has 4 aliphatic rings. The van der Waals surface area contributed by atoms with E-state index in [0.29, 0.717) is 28.8 Å². The molecule has 13 heteroatoms. The summed E-state index contributed by atoms with van der Waals surface area (Å²) in [5, 5.41) is 3.31. The number of benzene rings is 1. The molecule has 1 aromatic carbocycles. The van der Waals surface area contributed by atoms with E-state index in [1.165, 1.54) is 69.8 Å². The predicted molar refractivity (Wildman–Crippen MR) is 205 cm³/mol. The third-order valence-corrected chi connectivity index (χ3v) is 13.9. The molecule has 0 aromatic heterocycles. The molecule has 51 heavy (non-hydrogen) atoms. The summed E-state index contributed by atoms with van der Waals surface area (Å²) in [4.78, 5) is 24.8. The van der Waals surface area contributed by atoms with E-state index in [-0.39, 0.29) is 30.6 Å². The quantitative estimate of drug-likeness (QED) is 0.287. The molecule has 5 rings (SSSR count). The van der Waals surface area contributed by atoms with Crippen molar-refractivity contribution < 1.29 is 22.7 Å². The molecule has 0 radical (unpaired) electrons. The third-order valence-electron chi connectivity index (χ3n) is 11.7. The second-order valence-electron chi connectivity index (χ2n) is 15.6. The second kappa shape index (κ2) is 20.0. The van der Waals surface area contributed by atoms with Crippen molar-refractivity contribution in [3.8, 4) is 5.75 Å². The van der Waals surface area contributed by atoms with E-state index >= 15 is 0 Å². The number of methoxy groups -OCH3 is 1. The molecule has 1 aromatic rings. The van der Waals surface area contributed by atoms with Crippen molar-refractivity contribution in [3.05, 3.63) is 23.3 Å². The molecule has 292 valence electrons. The van der Waals surface area contributed by atoms with Gasteiger partial charge in [-0.2, -0.15) is 4.31 Å². The van der Waals surface area contributed by atoms with E-state index in [1.54, 1.807) is 38.0 Å². The fourth-order valence-electron chi connectivity index (χ4n) is 8.44. The van der Waals surface area contributed by atoms with Gasteiger partial charge < -0.3 is 29.5 Å². The smallest absolute Gasteiger partial charge is 0.248 e. The normalized spacial score (nSPS) is 25.6. The summed E-state index contributed by atoms with van der Waals surface area (Å²) < 4.78 is 38.3. The van der Waals surface area contributed by atoms with Gasteiger partial charge in [0.2, 0.25) is 15.9 Å². The first-order valence-corrected chi connectivity index (χ1v) is 20.7. The minimum atomic E-state index is -3.68. The molecular formula is C38H69N7O5S. The van der Waals surface area contributed by atoms with E-state index < -0.39 is 10.0 Å². The van der Waals surface area contributed by atoms with Crippen LogP contribution < -0.4 is 10.1 Å². The van der Waals surface area contributed by atoms with Gasteiger partial charge in [-0.3, -0.25) is 14.6 Å². The molecule has 2 saturated heterocycles. The Labute approximate surface area is 309 Å². The summed E-state index contributed by atoms with van der Waals surface area (Å²) in [5.41, 5.74) is 1.27. The maximum atomic E-state index is 13.1. The first-order valence-electron chi connectivity index (χ1n) is 19.2. The maximum absolute atomic E-state index is 13.1. The summed E-state index contributed by atoms with van der Waals surface area (Å²) in [6, 6.07) is 4.96. The number of aryl methyl sites for hydroxylation is 2. The zero-order chi connectivity index (χ0) is 37.1. The Morgan fingerprint density at radius 2 is 1.35 bits per heavy atom. The molecule has 1 amide bonds. The lowest BCUT2D eigenvalue weighted by molar-refractivity contribution is -0.135. The lowest BCUT2D eigenvalue weighted by Crippen LogP contribution is -2.48. The van der Waals surface area contributed by atoms with Crippen LogP contribution in [0.15, 0.2) is 17.0 Å². The average Bonchev–Trinajstić information content (AvgIpc) is 3.77. The van der Waals surface area contributed by atoms with E-state index in [9.17, 15) is 13.2 Å². The molecule has 4 fully saturated rings. The first kappa shape index (κ1) is 41.9. The Bertz CT molecular complexity index is 1310. The number of hydrogen-bond acceptors (Lipinski definition) is 10. The van der Waals surface area contributed by atoms with Gasteiger partial charge in [0.1, 0.15) is 12.4 Å². The number of amides is 1. The largest absolute Gasteiger partial charge is 0.497 e. The molecule has 2 saturated carbocycles. The van der Waals surface area contributed by atoms with E-state index in [1.807, 2.05) is 7.05 Å². The maximum Gasteiger partial charge on any atom is 0.248 e. The van der Waals surface area contributed by atoms with Crippen LogP contribution in [-0.2, 0) is 19.6 Å². The van der Waals surface area contributed by atoms with Crippen LogP contribution in [0.2, 0.25) is 0 Å². The fourth-order valence-corrected chi connectivity index (χ4v) is 10.00. The minimum Gasteiger partial charge on any atom is -0.497 e. The number of hydrogen-bond donors (Lipinski definition) is 1. The highest BCUT2D eigenvalue weighted by atomic mass is 32.2. The number of piperazine rings is 2. The molecule has 2 aliphatic heterocycles. The van der Waals surface area contributed by atoms with Crippen LogP contribution in [0.4, 0.5) is 0 Å². The van der Waals surface area contributed by atoms with Crippen LogP contribution in [0.25, 0.3) is 0 Å². The van der Waals surface area contributed by atoms with Gasteiger partial charge in [-0.05, 0) is 115 Å². The number of sulfonamides is 1. The number of nitrogens with zero attached hydrogens (tertiary/aromatic N) is 6. The van der Waals surface area contributed by atoms with Crippen molar-refractivity contribution >= 4 is 15.9 Å². The second-order valence-corrected chi connectivity index (χ2v) is 17.6. The fraction of sp³-hybridized carbons (Fsp3) is 0.816. The van der Waals surface area contributed by atoms with Gasteiger partial charge in [-0.1, -0.05) is 0 Å². The molecule has 0 bridgehead atoms. The van der Waals surface area contributed by atoms with Crippen molar-refractivity contribution in [1.29, 1.82) is 0 Å². The Balaban J connectivity index is 0.000000322. The lowest BCUT2D eigenvalue weighted by atomic mass is 10.1. The zero-order valence-corrected chi connectivity index (χ0v) is 33.8. The highest BCUT2D eigenvalue weighted by Gasteiger charge is 2.32. The molecule has 4 unspecified atom stereocenters. The first-order chi connectivity index (χ1) is 24.3. The van der Waals surface area contributed by atoms with Crippen LogP contribution in [-0.4, -0.2) is 183 Å². The van der Waals surface area contributed by atoms with Crippen molar-refractivity contribution in [2.45, 2.75) is 69.4 Å². The van der Waals surface area contributed by atoms with Crippen LogP contribution in [0.5, 0.6) is 5.75 Å². The zero-order valence-electron chi connectivity index (χ0n) is 33.0. The topological polar surface area (TPSA) is 101 Å². The van der Waals surface area contributed by atoms with E-state index in [4.69, 9.17) is 9.47 Å². The van der Waals surface area contributed by atoms with Crippen molar-refractivity contribution in [2.75, 3.05) is 128 Å². The standard InChI is InChI=1S/C26H44N4O5S.C12H25N3/c1-20-15-24(34-6)16-21(2)26(20)36(32,33)29(5)13-14-35-19-25(31)28(4)18-22-7-8-23(17-22)30-11-9-27(3)10-12-30;1-13-10-11-3-4-12(9-11)15-7-5-14(2)6-8-15/h15-16,22-23H,7-14,17-19H2,1-6H3;11-13H,3-10H2,1-2H3. The molecule has 1 N–H and O–H groups in total. The van der Waals surface area contributed by atoms with Crippen LogP contribution in [0, 0.1) is 25.7 Å². The van der Waals surface area contributed by atoms with Crippen molar-refractivity contribution in [3.63, 3.8) is 0 Å². The van der Waals surface area contributed by atoms with Gasteiger partial charge in [0.25, 0.3) is 0 Å². The van der Waals surface area contributed by atoms with Crippen molar-refractivity contribution in [1.82, 2.24) is 34.1 Å². The number of carbonyl (C=O) groups excluding carboxylic acids is 1. The number of carbonyl (C=O) groups is 1. The Morgan fingerprint density at radius 1 is 0.843 bits per heavy atom. The summed E-state index contributed by atoms with van der Waals surface area (Å²) in [7, 11) is 7.73. The highest BCUT2D eigenvalue weighted by molar-refractivity contribution is 7.89. The van der Waals surface area contributed by atoms with Gasteiger partial charge in [0, 0.05) is 91.6 Å². The van der Waals surface area contributed by atoms with Crippen LogP contribution in [0.1, 0.15) is 49.7 Å². The molecule has 12 nitrogen and oxygen atoms in total. The van der Waals surface area contributed by atoms with Crippen LogP contribution >= 0.6 is 0 Å². The highest BCUT2D eigenvalue weighted by Crippen LogP contribution is 2.31. The Kier molecular flexibility index (Phi) is 16.4. The molecule has 4 atom stereocenters. The van der Waals surface area contributed by atoms with E-state index in [2.05, 4.69) is 46.1 Å². The van der Waals surface area contributed by atoms with Gasteiger partial charge in [-0.25, -0.2) is 8.42 Å². The molecule has 2 heterocycles. The third kappa shape index (κ3) is 12.1. The summed E-state index contributed by atoms with van der Waals surface area (Å²) >= 11 is 0. The number of ether oxygens (including phenoxy) is 2. The molecular weight excluding hydrogens is 667 g/mol. The number of nitrogens with one attached hydrogen (secondary N) is 1. The van der Waals surface area contributed by atoms with Gasteiger partial charge in [-0.15, -0.1) is 0 Å². The summed E-state index contributed by atoms with van der Waals surface area (Å²) in [6.45, 7) is 15.4. The van der Waals surface area contributed by atoms with Gasteiger partial charge in [0.15, 0.2) is 0 Å². The van der Waals surface area contributed by atoms with E-state index in [0.717, 1.165) is 57.5 Å². The Hall–Kier alpha value is -1.84. The minimum absolute atomic E-state index is 0.0421. The monoisotopic (exact) mass is 736 g/mol. The number of rotatable bonds is 14. The summed E-state index contributed by atoms with van der Waals surface area (Å²) in [5.74, 6) is 2.02.